The SMILES string of the molecule is CCc1ccc2nc(-c3ccc(C=Cc4ccc(OCCO)cc4)cc3)sc2c1. The van der Waals surface area contributed by atoms with Gasteiger partial charge in [0.15, 0.2) is 0 Å². The summed E-state index contributed by atoms with van der Waals surface area (Å²) in [5.41, 5.74) is 5.80. The van der Waals surface area contributed by atoms with Crippen molar-refractivity contribution in [3.8, 4) is 16.3 Å². The van der Waals surface area contributed by atoms with Gasteiger partial charge in [-0.05, 0) is 47.4 Å². The van der Waals surface area contributed by atoms with Crippen molar-refractivity contribution >= 4 is 33.7 Å². The summed E-state index contributed by atoms with van der Waals surface area (Å²) in [7, 11) is 0. The maximum Gasteiger partial charge on any atom is 0.124 e. The zero-order valence-electron chi connectivity index (χ0n) is 16.3. The van der Waals surface area contributed by atoms with Gasteiger partial charge in [-0.25, -0.2) is 4.98 Å². The highest BCUT2D eigenvalue weighted by atomic mass is 32.1. The topological polar surface area (TPSA) is 42.4 Å². The van der Waals surface area contributed by atoms with Gasteiger partial charge in [-0.1, -0.05) is 61.5 Å². The summed E-state index contributed by atoms with van der Waals surface area (Å²) >= 11 is 1.75. The van der Waals surface area contributed by atoms with E-state index in [1.807, 2.05) is 24.3 Å². The van der Waals surface area contributed by atoms with Crippen LogP contribution in [0.1, 0.15) is 23.6 Å². The largest absolute Gasteiger partial charge is 0.491 e. The van der Waals surface area contributed by atoms with Crippen molar-refractivity contribution in [3.05, 3.63) is 83.4 Å². The van der Waals surface area contributed by atoms with Gasteiger partial charge >= 0.3 is 0 Å². The van der Waals surface area contributed by atoms with Crippen molar-refractivity contribution in [1.82, 2.24) is 4.98 Å². The molecule has 146 valence electrons. The minimum Gasteiger partial charge on any atom is -0.491 e. The molecule has 0 radical (unpaired) electrons. The van der Waals surface area contributed by atoms with Crippen molar-refractivity contribution in [3.63, 3.8) is 0 Å². The summed E-state index contributed by atoms with van der Waals surface area (Å²) in [5.74, 6) is 0.766. The number of rotatable bonds is 7. The van der Waals surface area contributed by atoms with E-state index in [1.165, 1.54) is 10.3 Å². The molecular formula is C25H23NO2S. The summed E-state index contributed by atoms with van der Waals surface area (Å²) in [6.07, 6.45) is 5.22. The van der Waals surface area contributed by atoms with Gasteiger partial charge in [0.1, 0.15) is 17.4 Å². The second-order valence-corrected chi connectivity index (χ2v) is 7.80. The van der Waals surface area contributed by atoms with Crippen LogP contribution in [0.4, 0.5) is 0 Å². The summed E-state index contributed by atoms with van der Waals surface area (Å²) < 4.78 is 6.63. The van der Waals surface area contributed by atoms with Gasteiger partial charge in [0.2, 0.25) is 0 Å². The fourth-order valence-corrected chi connectivity index (χ4v) is 4.12. The number of ether oxygens (including phenoxy) is 1. The fourth-order valence-electron chi connectivity index (χ4n) is 3.08. The third-order valence-corrected chi connectivity index (χ3v) is 5.79. The standard InChI is InChI=1S/C25H23NO2S/c1-2-18-9-14-23-24(17-18)29-25(26-23)21-10-5-19(6-11-21)3-4-20-7-12-22(13-8-20)28-16-15-27/h3-14,17,27H,2,15-16H2,1H3. The molecule has 3 nitrogen and oxygen atoms in total. The van der Waals surface area contributed by atoms with Gasteiger partial charge in [0.25, 0.3) is 0 Å². The number of fused-ring (bicyclic) bond motifs is 1. The molecule has 0 bridgehead atoms. The minimum atomic E-state index is 0.0223. The van der Waals surface area contributed by atoms with Crippen molar-refractivity contribution < 1.29 is 9.84 Å². The molecule has 4 rings (SSSR count). The van der Waals surface area contributed by atoms with Gasteiger partial charge < -0.3 is 9.84 Å². The van der Waals surface area contributed by atoms with Crippen LogP contribution in [0.15, 0.2) is 66.7 Å². The normalized spacial score (nSPS) is 11.4. The van der Waals surface area contributed by atoms with Crippen molar-refractivity contribution in [2.75, 3.05) is 13.2 Å². The molecule has 0 aliphatic heterocycles. The van der Waals surface area contributed by atoms with Gasteiger partial charge in [-0.15, -0.1) is 11.3 Å². The molecule has 0 saturated heterocycles. The maximum atomic E-state index is 8.80. The van der Waals surface area contributed by atoms with E-state index in [-0.39, 0.29) is 6.61 Å². The molecule has 0 spiro atoms. The van der Waals surface area contributed by atoms with Crippen molar-refractivity contribution in [2.45, 2.75) is 13.3 Å². The Morgan fingerprint density at radius 1 is 0.931 bits per heavy atom. The lowest BCUT2D eigenvalue weighted by molar-refractivity contribution is 0.201. The summed E-state index contributed by atoms with van der Waals surface area (Å²) in [6.45, 7) is 2.51. The van der Waals surface area contributed by atoms with E-state index in [0.717, 1.165) is 39.4 Å². The smallest absolute Gasteiger partial charge is 0.124 e. The van der Waals surface area contributed by atoms with E-state index in [4.69, 9.17) is 14.8 Å². The molecule has 3 aromatic carbocycles. The first-order chi connectivity index (χ1) is 14.2. The lowest BCUT2D eigenvalue weighted by atomic mass is 10.1. The molecule has 0 atom stereocenters. The first kappa shape index (κ1) is 19.4. The number of aliphatic hydroxyl groups excluding tert-OH is 1. The van der Waals surface area contributed by atoms with E-state index in [9.17, 15) is 0 Å². The number of hydrogen-bond acceptors (Lipinski definition) is 4. The number of aliphatic hydroxyl groups is 1. The Kier molecular flexibility index (Phi) is 6.03. The first-order valence-corrected chi connectivity index (χ1v) is 10.6. The fraction of sp³-hybridized carbons (Fsp3) is 0.160. The van der Waals surface area contributed by atoms with Crippen LogP contribution in [-0.2, 0) is 6.42 Å². The summed E-state index contributed by atoms with van der Waals surface area (Å²) in [5, 5.41) is 9.86. The van der Waals surface area contributed by atoms with Gasteiger partial charge in [0, 0.05) is 5.56 Å². The molecule has 1 heterocycles. The van der Waals surface area contributed by atoms with E-state index in [2.05, 4.69) is 61.5 Å². The van der Waals surface area contributed by atoms with E-state index in [0.29, 0.717) is 6.61 Å². The Bertz CT molecular complexity index is 1110. The lowest BCUT2D eigenvalue weighted by Crippen LogP contribution is -2.01. The first-order valence-electron chi connectivity index (χ1n) is 9.77. The molecule has 0 fully saturated rings. The number of benzene rings is 3. The molecule has 4 aromatic rings. The van der Waals surface area contributed by atoms with E-state index < -0.39 is 0 Å². The van der Waals surface area contributed by atoms with Gasteiger partial charge in [-0.2, -0.15) is 0 Å². The highest BCUT2D eigenvalue weighted by Crippen LogP contribution is 2.31. The lowest BCUT2D eigenvalue weighted by Gasteiger charge is -2.03. The number of aryl methyl sites for hydroxylation is 1. The van der Waals surface area contributed by atoms with E-state index >= 15 is 0 Å². The number of nitrogens with zero attached hydrogens (tertiary/aromatic N) is 1. The Morgan fingerprint density at radius 2 is 1.62 bits per heavy atom. The molecule has 29 heavy (non-hydrogen) atoms. The zero-order chi connectivity index (χ0) is 20.1. The average molecular weight is 402 g/mol. The van der Waals surface area contributed by atoms with Crippen LogP contribution in [-0.4, -0.2) is 23.3 Å². The Morgan fingerprint density at radius 3 is 2.28 bits per heavy atom. The quantitative estimate of drug-likeness (QED) is 0.382. The molecule has 4 heteroatoms. The summed E-state index contributed by atoms with van der Waals surface area (Å²) in [4.78, 5) is 4.78. The molecule has 0 unspecified atom stereocenters. The predicted octanol–water partition coefficient (Wildman–Crippen LogP) is 6.07. The van der Waals surface area contributed by atoms with Gasteiger partial charge in [-0.3, -0.25) is 0 Å². The maximum absolute atomic E-state index is 8.80. The summed E-state index contributed by atoms with van der Waals surface area (Å²) in [6, 6.07) is 22.8. The minimum absolute atomic E-state index is 0.0223. The van der Waals surface area contributed by atoms with Crippen LogP contribution in [0.3, 0.4) is 0 Å². The Balaban J connectivity index is 1.47. The van der Waals surface area contributed by atoms with Crippen molar-refractivity contribution in [1.29, 1.82) is 0 Å². The van der Waals surface area contributed by atoms with Crippen LogP contribution in [0.5, 0.6) is 5.75 Å². The molecule has 1 aromatic heterocycles. The van der Waals surface area contributed by atoms with Gasteiger partial charge in [0.05, 0.1) is 16.8 Å². The molecule has 0 aliphatic carbocycles. The molecule has 0 amide bonds. The van der Waals surface area contributed by atoms with Crippen LogP contribution in [0, 0.1) is 0 Å². The monoisotopic (exact) mass is 401 g/mol. The highest BCUT2D eigenvalue weighted by molar-refractivity contribution is 7.21. The highest BCUT2D eigenvalue weighted by Gasteiger charge is 2.06. The predicted molar refractivity (Wildman–Crippen MR) is 122 cm³/mol. The third-order valence-electron chi connectivity index (χ3n) is 4.73. The number of hydrogen-bond donors (Lipinski definition) is 1. The third kappa shape index (κ3) is 4.73. The molecule has 1 N–H and O–H groups in total. The second-order valence-electron chi connectivity index (χ2n) is 6.77. The van der Waals surface area contributed by atoms with Crippen LogP contribution in [0.25, 0.3) is 32.9 Å². The van der Waals surface area contributed by atoms with Crippen LogP contribution in [0.2, 0.25) is 0 Å². The molecular weight excluding hydrogens is 378 g/mol. The number of thiazole rings is 1. The Labute approximate surface area is 174 Å². The average Bonchev–Trinajstić information content (AvgIpc) is 3.20. The van der Waals surface area contributed by atoms with Crippen LogP contribution >= 0.6 is 11.3 Å². The van der Waals surface area contributed by atoms with Crippen LogP contribution < -0.4 is 4.74 Å². The molecule has 0 saturated carbocycles. The molecule has 0 aliphatic rings. The Hall–Kier alpha value is -2.95. The number of aromatic nitrogens is 1. The second kappa shape index (κ2) is 9.03. The zero-order valence-corrected chi connectivity index (χ0v) is 17.2. The van der Waals surface area contributed by atoms with E-state index in [1.54, 1.807) is 11.3 Å². The van der Waals surface area contributed by atoms with Crippen molar-refractivity contribution in [2.24, 2.45) is 0 Å².